The van der Waals surface area contributed by atoms with Crippen LogP contribution in [0.3, 0.4) is 0 Å². The Morgan fingerprint density at radius 1 is 0.515 bits per heavy atom. The van der Waals surface area contributed by atoms with Crippen molar-refractivity contribution >= 4 is 5.91 Å². The lowest BCUT2D eigenvalue weighted by Crippen LogP contribution is -2.65. The van der Waals surface area contributed by atoms with E-state index in [0.717, 1.165) is 57.3 Å². The molecule has 1 amide bonds. The van der Waals surface area contributed by atoms with E-state index < -0.39 is 111 Å². The highest BCUT2D eigenvalue weighted by Gasteiger charge is 2.51. The van der Waals surface area contributed by atoms with Gasteiger partial charge in [0.25, 0.3) is 0 Å². The minimum atomic E-state index is -1.87. The number of amides is 1. The second-order valence-electron chi connectivity index (χ2n) is 20.5. The van der Waals surface area contributed by atoms with Crippen molar-refractivity contribution in [2.75, 3.05) is 19.8 Å². The number of rotatable bonds is 42. The first kappa shape index (κ1) is 63.0. The number of hydrogen-bond donors (Lipinski definition) is 11. The molecule has 0 aromatic heterocycles. The lowest BCUT2D eigenvalue weighted by atomic mass is 9.97. The van der Waals surface area contributed by atoms with Crippen LogP contribution in [0.15, 0.2) is 0 Å². The Morgan fingerprint density at radius 3 is 1.35 bits per heavy atom. The van der Waals surface area contributed by atoms with Gasteiger partial charge >= 0.3 is 0 Å². The normalized spacial score (nSPS) is 27.3. The van der Waals surface area contributed by atoms with Gasteiger partial charge in [-0.25, -0.2) is 0 Å². The smallest absolute Gasteiger partial charge is 0.249 e. The van der Waals surface area contributed by atoms with Gasteiger partial charge in [-0.05, 0) is 18.8 Å². The summed E-state index contributed by atoms with van der Waals surface area (Å²) < 4.78 is 22.9. The van der Waals surface area contributed by atoms with Crippen molar-refractivity contribution < 1.29 is 74.8 Å². The molecule has 0 unspecified atom stereocenters. The molecule has 0 aromatic carbocycles. The van der Waals surface area contributed by atoms with E-state index in [1.165, 1.54) is 116 Å². The maximum absolute atomic E-state index is 13.4. The van der Waals surface area contributed by atoms with Crippen LogP contribution in [-0.2, 0) is 23.7 Å². The molecule has 0 radical (unpaired) electrons. The van der Waals surface area contributed by atoms with Gasteiger partial charge in [0.05, 0.1) is 32.0 Å². The average molecular weight is 980 g/mol. The molecule has 0 saturated carbocycles. The van der Waals surface area contributed by atoms with Crippen molar-refractivity contribution in [2.45, 2.75) is 299 Å². The standard InChI is InChI=1S/C52H101NO15/c1-4-5-6-7-8-9-10-11-12-13-14-15-16-17-20-24-27-30-33-40(57)50(64)53-38(43(58)39(56)32-29-26-23-21-18-19-22-25-28-31-37(2)3)36-65-52-49(47(62)45(60)42(35-55)67-52)68-51-48(63)46(61)44(59)41(34-54)66-51/h37-49,51-52,54-63H,4-36H2,1-3H3,(H,53,64)/t38-,39+,40+,41+,42+,43-,44+,45-,46-,47-,48+,49+,51+,52-/m0/s1. The zero-order valence-corrected chi connectivity index (χ0v) is 42.5. The van der Waals surface area contributed by atoms with Crippen molar-refractivity contribution in [3.05, 3.63) is 0 Å². The molecule has 2 aliphatic heterocycles. The Morgan fingerprint density at radius 2 is 0.912 bits per heavy atom. The van der Waals surface area contributed by atoms with Crippen LogP contribution in [0.2, 0.25) is 0 Å². The largest absolute Gasteiger partial charge is 0.394 e. The Labute approximate surface area is 409 Å². The van der Waals surface area contributed by atoms with E-state index in [0.29, 0.717) is 12.8 Å². The van der Waals surface area contributed by atoms with Gasteiger partial charge in [-0.3, -0.25) is 4.79 Å². The first-order chi connectivity index (χ1) is 32.8. The predicted molar refractivity (Wildman–Crippen MR) is 261 cm³/mol. The summed E-state index contributed by atoms with van der Waals surface area (Å²) >= 11 is 0. The third kappa shape index (κ3) is 25.5. The third-order valence-electron chi connectivity index (χ3n) is 14.0. The highest BCUT2D eigenvalue weighted by molar-refractivity contribution is 5.80. The van der Waals surface area contributed by atoms with Crippen molar-refractivity contribution in [2.24, 2.45) is 5.92 Å². The molecule has 16 nitrogen and oxygen atoms in total. The molecule has 2 fully saturated rings. The van der Waals surface area contributed by atoms with Crippen molar-refractivity contribution in [3.63, 3.8) is 0 Å². The van der Waals surface area contributed by atoms with Gasteiger partial charge in [0.2, 0.25) is 5.91 Å². The van der Waals surface area contributed by atoms with Gasteiger partial charge in [-0.15, -0.1) is 0 Å². The van der Waals surface area contributed by atoms with E-state index in [9.17, 15) is 55.9 Å². The fourth-order valence-electron chi connectivity index (χ4n) is 9.33. The van der Waals surface area contributed by atoms with Crippen LogP contribution in [0.1, 0.15) is 213 Å². The van der Waals surface area contributed by atoms with Gasteiger partial charge in [0.1, 0.15) is 61.0 Å². The summed E-state index contributed by atoms with van der Waals surface area (Å²) in [5, 5.41) is 109. The number of unbranched alkanes of at least 4 members (excludes halogenated alkanes) is 25. The van der Waals surface area contributed by atoms with Crippen molar-refractivity contribution in [3.8, 4) is 0 Å². The Bertz CT molecular complexity index is 1200. The van der Waals surface area contributed by atoms with Gasteiger partial charge in [0, 0.05) is 0 Å². The zero-order valence-electron chi connectivity index (χ0n) is 42.5. The number of aliphatic hydroxyl groups is 10. The zero-order chi connectivity index (χ0) is 50.1. The molecule has 16 heteroatoms. The molecule has 2 saturated heterocycles. The second kappa shape index (κ2) is 38.5. The number of hydrogen-bond acceptors (Lipinski definition) is 15. The van der Waals surface area contributed by atoms with E-state index in [1.807, 2.05) is 0 Å². The molecular formula is C52H101NO15. The fraction of sp³-hybridized carbons (Fsp3) is 0.981. The van der Waals surface area contributed by atoms with E-state index in [1.54, 1.807) is 0 Å². The maximum atomic E-state index is 13.4. The van der Waals surface area contributed by atoms with Crippen LogP contribution in [-0.4, -0.2) is 163 Å². The fourth-order valence-corrected chi connectivity index (χ4v) is 9.33. The Hall–Kier alpha value is -1.09. The number of aliphatic hydroxyl groups excluding tert-OH is 10. The SMILES string of the molecule is CCCCCCCCCCCCCCCCCCCC[C@@H](O)C(=O)N[C@@H](CO[C@H]1O[C@H](CO)[C@H](O)[C@H](O)[C@H]1O[C@H]1O[C@H](CO)[C@@H](O)[C@H](O)[C@H]1O)[C@H](O)[C@H](O)CCCCCCCCCCCC(C)C. The molecule has 2 heterocycles. The summed E-state index contributed by atoms with van der Waals surface area (Å²) in [5.74, 6) is -0.0409. The highest BCUT2D eigenvalue weighted by Crippen LogP contribution is 2.30. The molecule has 11 N–H and O–H groups in total. The molecule has 0 aromatic rings. The number of carbonyl (C=O) groups is 1. The molecule has 68 heavy (non-hydrogen) atoms. The lowest BCUT2D eigenvalue weighted by Gasteiger charge is -2.46. The summed E-state index contributed by atoms with van der Waals surface area (Å²) in [6.45, 7) is 4.68. The van der Waals surface area contributed by atoms with Crippen molar-refractivity contribution in [1.82, 2.24) is 5.32 Å². The second-order valence-corrected chi connectivity index (χ2v) is 20.5. The first-order valence-corrected chi connectivity index (χ1v) is 27.3. The topological polar surface area (TPSA) is 268 Å². The molecule has 2 aliphatic rings. The number of carbonyl (C=O) groups excluding carboxylic acids is 1. The van der Waals surface area contributed by atoms with Crippen LogP contribution in [0.4, 0.5) is 0 Å². The van der Waals surface area contributed by atoms with Crippen molar-refractivity contribution in [1.29, 1.82) is 0 Å². The predicted octanol–water partition coefficient (Wildman–Crippen LogP) is 5.57. The summed E-state index contributed by atoms with van der Waals surface area (Å²) in [4.78, 5) is 13.4. The van der Waals surface area contributed by atoms with E-state index in [2.05, 4.69) is 26.1 Å². The Balaban J connectivity index is 1.93. The van der Waals surface area contributed by atoms with Gasteiger partial charge in [-0.2, -0.15) is 0 Å². The monoisotopic (exact) mass is 980 g/mol. The van der Waals surface area contributed by atoms with Crippen LogP contribution < -0.4 is 5.32 Å². The molecule has 404 valence electrons. The highest BCUT2D eigenvalue weighted by atomic mass is 16.8. The summed E-state index contributed by atoms with van der Waals surface area (Å²) in [6.07, 6.45) is 12.3. The van der Waals surface area contributed by atoms with Gasteiger partial charge < -0.3 is 75.3 Å². The first-order valence-electron chi connectivity index (χ1n) is 27.3. The van der Waals surface area contributed by atoms with Gasteiger partial charge in [-0.1, -0.05) is 201 Å². The molecular weight excluding hydrogens is 879 g/mol. The average Bonchev–Trinajstić information content (AvgIpc) is 3.32. The quantitative estimate of drug-likeness (QED) is 0.0334. The maximum Gasteiger partial charge on any atom is 0.249 e. The van der Waals surface area contributed by atoms with E-state index in [-0.39, 0.29) is 12.8 Å². The van der Waals surface area contributed by atoms with Crippen LogP contribution >= 0.6 is 0 Å². The summed E-state index contributed by atoms with van der Waals surface area (Å²) in [7, 11) is 0. The van der Waals surface area contributed by atoms with Gasteiger partial charge in [0.15, 0.2) is 12.6 Å². The number of ether oxygens (including phenoxy) is 4. The molecule has 0 spiro atoms. The van der Waals surface area contributed by atoms with E-state index >= 15 is 0 Å². The third-order valence-corrected chi connectivity index (χ3v) is 14.0. The molecule has 0 bridgehead atoms. The lowest BCUT2D eigenvalue weighted by molar-refractivity contribution is -0.368. The molecule has 2 rings (SSSR count). The summed E-state index contributed by atoms with van der Waals surface area (Å²) in [5.41, 5.74) is 0. The molecule has 14 atom stereocenters. The minimum absolute atomic E-state index is 0.192. The van der Waals surface area contributed by atoms with E-state index in [4.69, 9.17) is 18.9 Å². The van der Waals surface area contributed by atoms with Crippen LogP contribution in [0, 0.1) is 5.92 Å². The summed E-state index contributed by atoms with van der Waals surface area (Å²) in [6, 6.07) is -1.31. The molecule has 0 aliphatic carbocycles. The van der Waals surface area contributed by atoms with Crippen LogP contribution in [0.5, 0.6) is 0 Å². The Kier molecular flexibility index (Phi) is 35.7. The minimum Gasteiger partial charge on any atom is -0.394 e. The number of nitrogens with one attached hydrogen (secondary N) is 1. The van der Waals surface area contributed by atoms with Crippen LogP contribution in [0.25, 0.3) is 0 Å².